The number of rotatable bonds is 7. The van der Waals surface area contributed by atoms with Gasteiger partial charge >= 0.3 is 0 Å². The van der Waals surface area contributed by atoms with Gasteiger partial charge in [0.25, 0.3) is 0 Å². The second kappa shape index (κ2) is 9.60. The first-order valence-electron chi connectivity index (χ1n) is 10.9. The summed E-state index contributed by atoms with van der Waals surface area (Å²) >= 11 is 0. The van der Waals surface area contributed by atoms with E-state index in [1.54, 1.807) is 6.26 Å². The monoisotopic (exact) mass is 418 g/mol. The highest BCUT2D eigenvalue weighted by atomic mass is 16.3. The van der Waals surface area contributed by atoms with Crippen LogP contribution in [0.2, 0.25) is 0 Å². The molecule has 0 radical (unpaired) electrons. The minimum atomic E-state index is -0.444. The number of carbonyl (C=O) groups excluding carboxylic acids is 1. The molecular weight excluding hydrogens is 388 g/mol. The summed E-state index contributed by atoms with van der Waals surface area (Å²) < 4.78 is 5.30. The lowest BCUT2D eigenvalue weighted by Gasteiger charge is -2.44. The number of furan rings is 1. The van der Waals surface area contributed by atoms with E-state index >= 15 is 0 Å². The number of benzene rings is 2. The third-order valence-corrected chi connectivity index (χ3v) is 6.21. The normalized spacial score (nSPS) is 20.1. The molecule has 5 heteroatoms. The molecule has 1 saturated heterocycles. The van der Waals surface area contributed by atoms with Gasteiger partial charge in [-0.3, -0.25) is 14.6 Å². The van der Waals surface area contributed by atoms with Crippen LogP contribution >= 0.6 is 0 Å². The second-order valence-corrected chi connectivity index (χ2v) is 8.51. The van der Waals surface area contributed by atoms with Gasteiger partial charge in [-0.25, -0.2) is 0 Å². The average Bonchev–Trinajstić information content (AvgIpc) is 3.31. The van der Waals surface area contributed by atoms with Gasteiger partial charge in [0.05, 0.1) is 12.5 Å². The lowest BCUT2D eigenvalue weighted by Crippen LogP contribution is -2.55. The van der Waals surface area contributed by atoms with Crippen LogP contribution < -0.4 is 0 Å². The van der Waals surface area contributed by atoms with Crippen molar-refractivity contribution in [1.29, 1.82) is 0 Å². The first-order valence-corrected chi connectivity index (χ1v) is 10.9. The maximum absolute atomic E-state index is 11.6. The van der Waals surface area contributed by atoms with Gasteiger partial charge in [-0.15, -0.1) is 0 Å². The number of hydrogen-bond acceptors (Lipinski definition) is 5. The summed E-state index contributed by atoms with van der Waals surface area (Å²) in [4.78, 5) is 16.7. The maximum Gasteiger partial charge on any atom is 0.188 e. The van der Waals surface area contributed by atoms with Crippen molar-refractivity contribution in [2.24, 2.45) is 0 Å². The minimum Gasteiger partial charge on any atom is -0.472 e. The highest BCUT2D eigenvalue weighted by molar-refractivity contribution is 5.96. The first kappa shape index (κ1) is 21.5. The zero-order valence-corrected chi connectivity index (χ0v) is 18.2. The Morgan fingerprint density at radius 2 is 1.71 bits per heavy atom. The Morgan fingerprint density at radius 1 is 1.00 bits per heavy atom. The predicted molar refractivity (Wildman–Crippen MR) is 122 cm³/mol. The van der Waals surface area contributed by atoms with Gasteiger partial charge < -0.3 is 9.52 Å². The van der Waals surface area contributed by atoms with Crippen molar-refractivity contribution in [3.8, 4) is 11.1 Å². The van der Waals surface area contributed by atoms with Gasteiger partial charge in [0.2, 0.25) is 0 Å². The molecule has 0 spiro atoms. The Hall–Kier alpha value is -2.73. The van der Waals surface area contributed by atoms with E-state index in [-0.39, 0.29) is 5.78 Å². The van der Waals surface area contributed by atoms with Gasteiger partial charge in [-0.2, -0.15) is 0 Å². The molecular formula is C26H30N2O3. The quantitative estimate of drug-likeness (QED) is 0.583. The largest absolute Gasteiger partial charge is 0.472 e. The van der Waals surface area contributed by atoms with Gasteiger partial charge in [0, 0.05) is 49.4 Å². The molecule has 0 aliphatic carbocycles. The first-order chi connectivity index (χ1) is 15.0. The number of ketones is 1. The zero-order valence-electron chi connectivity index (χ0n) is 18.2. The summed E-state index contributed by atoms with van der Waals surface area (Å²) in [5, 5.41) is 9.01. The van der Waals surface area contributed by atoms with Crippen molar-refractivity contribution in [2.45, 2.75) is 39.0 Å². The van der Waals surface area contributed by atoms with Crippen LogP contribution in [0.25, 0.3) is 11.1 Å². The molecule has 1 aliphatic rings. The average molecular weight is 419 g/mol. The summed E-state index contributed by atoms with van der Waals surface area (Å²) in [6, 6.07) is 19.0. The van der Waals surface area contributed by atoms with Crippen LogP contribution in [0.4, 0.5) is 0 Å². The molecule has 1 N–H and O–H groups in total. The molecule has 0 saturated carbocycles. The van der Waals surface area contributed by atoms with E-state index in [9.17, 15) is 4.79 Å². The van der Waals surface area contributed by atoms with Crippen LogP contribution in [0.1, 0.15) is 35.3 Å². The molecule has 5 nitrogen and oxygen atoms in total. The summed E-state index contributed by atoms with van der Waals surface area (Å²) in [7, 11) is 0. The molecule has 1 aliphatic heterocycles. The summed E-state index contributed by atoms with van der Waals surface area (Å²) in [5.74, 6) is -0.238. The summed E-state index contributed by atoms with van der Waals surface area (Å²) in [6.45, 7) is 7.92. The molecule has 4 rings (SSSR count). The molecule has 3 aromatic rings. The molecule has 162 valence electrons. The van der Waals surface area contributed by atoms with Crippen LogP contribution in [0.5, 0.6) is 0 Å². The fourth-order valence-corrected chi connectivity index (χ4v) is 4.61. The Labute approximate surface area is 183 Å². The van der Waals surface area contributed by atoms with Gasteiger partial charge in [0.1, 0.15) is 6.61 Å². The molecule has 2 aromatic carbocycles. The molecule has 0 bridgehead atoms. The third kappa shape index (κ3) is 4.96. The van der Waals surface area contributed by atoms with Crippen molar-refractivity contribution in [3.05, 3.63) is 83.8 Å². The number of aliphatic hydroxyl groups excluding tert-OH is 1. The van der Waals surface area contributed by atoms with E-state index in [1.807, 2.05) is 36.6 Å². The van der Waals surface area contributed by atoms with Crippen LogP contribution in [0, 0.1) is 0 Å². The maximum atomic E-state index is 11.6. The molecule has 0 amide bonds. The van der Waals surface area contributed by atoms with E-state index in [1.165, 1.54) is 16.7 Å². The Balaban J connectivity index is 1.42. The van der Waals surface area contributed by atoms with Crippen LogP contribution in [0.3, 0.4) is 0 Å². The molecule has 1 fully saturated rings. The summed E-state index contributed by atoms with van der Waals surface area (Å²) in [6.07, 6.45) is 3.53. The lowest BCUT2D eigenvalue weighted by molar-refractivity contribution is 0.0291. The van der Waals surface area contributed by atoms with Crippen LogP contribution in [-0.4, -0.2) is 52.5 Å². The van der Waals surface area contributed by atoms with Gasteiger partial charge in [-0.1, -0.05) is 48.5 Å². The van der Waals surface area contributed by atoms with Gasteiger partial charge in [0.15, 0.2) is 5.78 Å². The molecule has 1 aromatic heterocycles. The van der Waals surface area contributed by atoms with Crippen LogP contribution in [0.15, 0.2) is 71.5 Å². The van der Waals surface area contributed by atoms with Crippen molar-refractivity contribution >= 4 is 5.78 Å². The van der Waals surface area contributed by atoms with Crippen molar-refractivity contribution in [1.82, 2.24) is 9.80 Å². The van der Waals surface area contributed by atoms with E-state index in [0.29, 0.717) is 17.6 Å². The predicted octanol–water partition coefficient (Wildman–Crippen LogP) is 4.22. The van der Waals surface area contributed by atoms with Crippen LogP contribution in [-0.2, 0) is 13.1 Å². The number of nitrogens with zero attached hydrogens (tertiary/aromatic N) is 2. The van der Waals surface area contributed by atoms with E-state index in [0.717, 1.165) is 31.7 Å². The smallest absolute Gasteiger partial charge is 0.188 e. The zero-order chi connectivity index (χ0) is 21.8. The Morgan fingerprint density at radius 3 is 2.35 bits per heavy atom. The number of carbonyl (C=O) groups is 1. The van der Waals surface area contributed by atoms with E-state index in [4.69, 9.17) is 9.52 Å². The van der Waals surface area contributed by atoms with E-state index < -0.39 is 6.61 Å². The minimum absolute atomic E-state index is 0.238. The third-order valence-electron chi connectivity index (χ3n) is 6.21. The molecule has 2 atom stereocenters. The highest BCUT2D eigenvalue weighted by Gasteiger charge is 2.29. The fourth-order valence-electron chi connectivity index (χ4n) is 4.61. The number of hydrogen-bond donors (Lipinski definition) is 1. The standard InChI is InChI=1S/C26H30N2O3/c1-19-13-27(15-21-7-9-22(10-8-21)26(30)17-29)14-20(2)28(19)16-23-5-3-4-6-25(23)24-11-12-31-18-24/h3-12,18-20,29H,13-17H2,1-2H3/t19-,20+. The Bertz CT molecular complexity index is 986. The molecule has 2 heterocycles. The number of piperazine rings is 1. The molecule has 31 heavy (non-hydrogen) atoms. The highest BCUT2D eigenvalue weighted by Crippen LogP contribution is 2.28. The second-order valence-electron chi connectivity index (χ2n) is 8.51. The van der Waals surface area contributed by atoms with Crippen molar-refractivity contribution < 1.29 is 14.3 Å². The number of aliphatic hydroxyl groups is 1. The molecule has 0 unspecified atom stereocenters. The fraction of sp³-hybridized carbons (Fsp3) is 0.346. The lowest BCUT2D eigenvalue weighted by atomic mass is 9.99. The van der Waals surface area contributed by atoms with E-state index in [2.05, 4.69) is 47.9 Å². The number of Topliss-reactive ketones (excluding diaryl/α,β-unsaturated/α-hetero) is 1. The topological polar surface area (TPSA) is 56.9 Å². The Kier molecular flexibility index (Phi) is 6.66. The van der Waals surface area contributed by atoms with Gasteiger partial charge in [-0.05, 0) is 36.6 Å². The summed E-state index contributed by atoms with van der Waals surface area (Å²) in [5.41, 5.74) is 5.43. The van der Waals surface area contributed by atoms with Crippen molar-refractivity contribution in [2.75, 3.05) is 19.7 Å². The SMILES string of the molecule is C[C@@H]1CN(Cc2ccc(C(=O)CO)cc2)C[C@H](C)N1Cc1ccccc1-c1ccoc1. The van der Waals surface area contributed by atoms with Crippen molar-refractivity contribution in [3.63, 3.8) is 0 Å².